The molecule has 81 heavy (non-hydrogen) atoms. The van der Waals surface area contributed by atoms with Gasteiger partial charge in [-0.25, -0.2) is 9.59 Å². The van der Waals surface area contributed by atoms with Crippen LogP contribution in [-0.4, -0.2) is 49.3 Å². The molecule has 7 aliphatic carbocycles. The van der Waals surface area contributed by atoms with Crippen LogP contribution in [0.4, 0.5) is 0 Å². The Morgan fingerprint density at radius 1 is 0.469 bits per heavy atom. The zero-order valence-corrected chi connectivity index (χ0v) is 52.9. The highest BCUT2D eigenvalue weighted by atomic mass is 16.6. The molecule has 0 N–H and O–H groups in total. The van der Waals surface area contributed by atoms with Crippen LogP contribution in [0, 0.1) is 94.7 Å². The number of unbranched alkanes of at least 4 members (excludes halogenated alkanes) is 17. The van der Waals surface area contributed by atoms with E-state index in [9.17, 15) is 19.2 Å². The molecule has 0 spiro atoms. The van der Waals surface area contributed by atoms with Gasteiger partial charge in [-0.3, -0.25) is 9.59 Å². The Labute approximate surface area is 496 Å². The summed E-state index contributed by atoms with van der Waals surface area (Å²) in [4.78, 5) is 50.4. The SMILES string of the molecule is C=CC(=O)OCC1CC2C3CC(CC(C)(CCCC)OC(=O)CCCCCCCC4C(CCCCCCCC(=O)OCC5CC6CC5C5CC(COC(=O)C(=C)C)CC65)CCC(CCCCCC)C4CCCCCCCC)C(C3)C2C1. The lowest BCUT2D eigenvalue weighted by Gasteiger charge is -2.44. The van der Waals surface area contributed by atoms with Gasteiger partial charge in [0.15, 0.2) is 0 Å². The zero-order valence-electron chi connectivity index (χ0n) is 52.9. The molecule has 0 aromatic heterocycles. The number of ether oxygens (including phenoxy) is 4. The molecule has 7 saturated carbocycles. The molecule has 7 aliphatic rings. The van der Waals surface area contributed by atoms with Crippen molar-refractivity contribution >= 4 is 23.9 Å². The molecule has 0 aromatic rings. The summed E-state index contributed by atoms with van der Waals surface area (Å²) in [6.07, 6.45) is 50.5. The molecule has 0 heterocycles. The van der Waals surface area contributed by atoms with E-state index in [0.29, 0.717) is 73.7 Å². The predicted molar refractivity (Wildman–Crippen MR) is 330 cm³/mol. The van der Waals surface area contributed by atoms with Gasteiger partial charge in [-0.15, -0.1) is 0 Å². The van der Waals surface area contributed by atoms with Crippen molar-refractivity contribution in [2.75, 3.05) is 19.8 Å². The van der Waals surface area contributed by atoms with E-state index in [1.165, 1.54) is 192 Å². The van der Waals surface area contributed by atoms with Crippen LogP contribution in [0.5, 0.6) is 0 Å². The molecule has 8 nitrogen and oxygen atoms in total. The Kier molecular flexibility index (Phi) is 28.1. The van der Waals surface area contributed by atoms with Gasteiger partial charge in [-0.2, -0.15) is 0 Å². The van der Waals surface area contributed by atoms with Crippen molar-refractivity contribution in [2.24, 2.45) is 94.7 Å². The minimum atomic E-state index is -0.379. The van der Waals surface area contributed by atoms with E-state index in [0.717, 1.165) is 117 Å². The van der Waals surface area contributed by atoms with E-state index < -0.39 is 0 Å². The van der Waals surface area contributed by atoms with Crippen molar-refractivity contribution in [2.45, 2.75) is 297 Å². The van der Waals surface area contributed by atoms with Crippen molar-refractivity contribution in [1.82, 2.24) is 0 Å². The van der Waals surface area contributed by atoms with Gasteiger partial charge in [0, 0.05) is 24.5 Å². The molecule has 0 amide bonds. The van der Waals surface area contributed by atoms with E-state index in [4.69, 9.17) is 18.9 Å². The van der Waals surface area contributed by atoms with Gasteiger partial charge in [0.05, 0.1) is 19.8 Å². The summed E-state index contributed by atoms with van der Waals surface area (Å²) in [5.41, 5.74) is 0.0974. The first-order valence-electron chi connectivity index (χ1n) is 35.3. The van der Waals surface area contributed by atoms with Crippen LogP contribution in [0.3, 0.4) is 0 Å². The monoisotopic (exact) mass is 1130 g/mol. The highest BCUT2D eigenvalue weighted by Gasteiger charge is 2.58. The maximum Gasteiger partial charge on any atom is 0.333 e. The zero-order chi connectivity index (χ0) is 57.6. The third-order valence-corrected chi connectivity index (χ3v) is 23.3. The first-order chi connectivity index (χ1) is 39.3. The Morgan fingerprint density at radius 3 is 1.47 bits per heavy atom. The van der Waals surface area contributed by atoms with Crippen LogP contribution >= 0.6 is 0 Å². The molecular weight excluding hydrogens is 1000 g/mol. The van der Waals surface area contributed by atoms with E-state index in [1.54, 1.807) is 6.92 Å². The fourth-order valence-corrected chi connectivity index (χ4v) is 19.4. The van der Waals surface area contributed by atoms with Crippen LogP contribution in [0.15, 0.2) is 24.8 Å². The summed E-state index contributed by atoms with van der Waals surface area (Å²) < 4.78 is 23.6. The lowest BCUT2D eigenvalue weighted by Crippen LogP contribution is -2.37. The van der Waals surface area contributed by atoms with E-state index in [-0.39, 0.29) is 29.5 Å². The fraction of sp³-hybridized carbons (Fsp3) is 0.890. The highest BCUT2D eigenvalue weighted by molar-refractivity contribution is 5.86. The van der Waals surface area contributed by atoms with Gasteiger partial charge in [-0.1, -0.05) is 169 Å². The molecule has 462 valence electrons. The Bertz CT molecular complexity index is 1910. The van der Waals surface area contributed by atoms with Crippen molar-refractivity contribution in [3.63, 3.8) is 0 Å². The molecule has 4 bridgehead atoms. The molecule has 0 aliphatic heterocycles. The van der Waals surface area contributed by atoms with Gasteiger partial charge in [0.25, 0.3) is 0 Å². The largest absolute Gasteiger partial charge is 0.465 e. The smallest absolute Gasteiger partial charge is 0.333 e. The highest BCUT2D eigenvalue weighted by Crippen LogP contribution is 2.64. The second-order valence-electron chi connectivity index (χ2n) is 29.2. The topological polar surface area (TPSA) is 105 Å². The number of esters is 4. The summed E-state index contributed by atoms with van der Waals surface area (Å²) in [6.45, 7) is 19.9. The number of hydrogen-bond acceptors (Lipinski definition) is 8. The molecule has 0 saturated heterocycles. The first kappa shape index (κ1) is 65.9. The van der Waals surface area contributed by atoms with Crippen LogP contribution < -0.4 is 0 Å². The predicted octanol–water partition coefficient (Wildman–Crippen LogP) is 19.3. The lowest BCUT2D eigenvalue weighted by atomic mass is 9.61. The normalized spacial score (nSPS) is 32.3. The van der Waals surface area contributed by atoms with Crippen molar-refractivity contribution in [1.29, 1.82) is 0 Å². The Hall–Kier alpha value is -2.64. The van der Waals surface area contributed by atoms with Crippen LogP contribution in [0.1, 0.15) is 291 Å². The number of carbonyl (C=O) groups excluding carboxylic acids is 4. The van der Waals surface area contributed by atoms with Gasteiger partial charge >= 0.3 is 23.9 Å². The molecule has 0 aromatic carbocycles. The minimum absolute atomic E-state index is 0.00557. The molecule has 7 rings (SSSR count). The number of rotatable bonds is 42. The maximum atomic E-state index is 13.6. The van der Waals surface area contributed by atoms with Gasteiger partial charge < -0.3 is 18.9 Å². The van der Waals surface area contributed by atoms with Crippen LogP contribution in [0.2, 0.25) is 0 Å². The van der Waals surface area contributed by atoms with Gasteiger partial charge in [0.1, 0.15) is 5.60 Å². The average Bonchev–Trinajstić information content (AvgIpc) is 4.07. The van der Waals surface area contributed by atoms with E-state index >= 15 is 0 Å². The molecule has 17 unspecified atom stereocenters. The summed E-state index contributed by atoms with van der Waals surface area (Å²) in [7, 11) is 0. The minimum Gasteiger partial charge on any atom is -0.465 e. The van der Waals surface area contributed by atoms with E-state index in [2.05, 4.69) is 40.9 Å². The van der Waals surface area contributed by atoms with E-state index in [1.807, 2.05) is 0 Å². The first-order valence-corrected chi connectivity index (χ1v) is 35.3. The third-order valence-electron chi connectivity index (χ3n) is 23.3. The second kappa shape index (κ2) is 34.5. The summed E-state index contributed by atoms with van der Waals surface area (Å²) in [5, 5.41) is 0. The molecule has 8 heteroatoms. The number of carbonyl (C=O) groups is 4. The van der Waals surface area contributed by atoms with Gasteiger partial charge in [0.2, 0.25) is 0 Å². The molecule has 7 fully saturated rings. The average molecular weight is 1130 g/mol. The summed E-state index contributed by atoms with van der Waals surface area (Å²) in [6, 6.07) is 0. The third kappa shape index (κ3) is 20.0. The molecule has 0 radical (unpaired) electrons. The quantitative estimate of drug-likeness (QED) is 0.0258. The number of hydrogen-bond donors (Lipinski definition) is 0. The van der Waals surface area contributed by atoms with Crippen molar-refractivity contribution in [3.8, 4) is 0 Å². The Balaban J connectivity index is 0.812. The Morgan fingerprint density at radius 2 is 0.926 bits per heavy atom. The fourth-order valence-electron chi connectivity index (χ4n) is 19.4. The van der Waals surface area contributed by atoms with Crippen molar-refractivity contribution < 1.29 is 38.1 Å². The number of fused-ring (bicyclic) bond motifs is 10. The van der Waals surface area contributed by atoms with Gasteiger partial charge in [-0.05, 0) is 218 Å². The summed E-state index contributed by atoms with van der Waals surface area (Å²) in [5.74, 6) is 11.0. The lowest BCUT2D eigenvalue weighted by molar-refractivity contribution is -0.162. The van der Waals surface area contributed by atoms with Crippen LogP contribution in [-0.2, 0) is 38.1 Å². The second-order valence-corrected chi connectivity index (χ2v) is 29.2. The van der Waals surface area contributed by atoms with Crippen LogP contribution in [0.25, 0.3) is 0 Å². The maximum absolute atomic E-state index is 13.6. The summed E-state index contributed by atoms with van der Waals surface area (Å²) >= 11 is 0. The molecule has 17 atom stereocenters. The van der Waals surface area contributed by atoms with Crippen molar-refractivity contribution in [3.05, 3.63) is 24.8 Å². The molecular formula is C73H122O8. The standard InChI is InChI=1S/C73H122O8/c1-8-12-15-17-21-27-33-61-55(31-25-16-13-9-2)37-38-56(32-26-20-18-23-29-35-70(75)79-51-60-45-58-47-66(60)68-43-54(41-64(58)68)50-80-72(77)52(5)6)62(61)34-28-22-19-24-30-36-71(76)81-73(7,39-14-10-3)48-59-44-57-46-65(59)67-42-53(40-63(57)67)49-78-69(74)11-4/h11,53-68H,4-5,8-10,12-51H2,1-3,6-7H3.